The minimum Gasteiger partial charge on any atom is -0.469 e. The van der Waals surface area contributed by atoms with Crippen LogP contribution >= 0.6 is 45.2 Å². The predicted molar refractivity (Wildman–Crippen MR) is 70.3 cm³/mol. The third kappa shape index (κ3) is 3.47. The highest BCUT2D eigenvalue weighted by atomic mass is 127. The highest BCUT2D eigenvalue weighted by molar-refractivity contribution is 14.1. The van der Waals surface area contributed by atoms with E-state index in [0.717, 1.165) is 0 Å². The zero-order valence-corrected chi connectivity index (χ0v) is 12.5. The Balaban J connectivity index is 3.09. The van der Waals surface area contributed by atoms with Crippen molar-refractivity contribution in [3.8, 4) is 0 Å². The first-order valence-electron chi connectivity index (χ1n) is 4.15. The minimum absolute atomic E-state index is 0.0941. The molecule has 0 amide bonds. The van der Waals surface area contributed by atoms with E-state index >= 15 is 0 Å². The van der Waals surface area contributed by atoms with Gasteiger partial charge in [-0.25, -0.2) is 8.78 Å². The molecule has 1 heterocycles. The lowest BCUT2D eigenvalue weighted by Gasteiger charge is -2.07. The molecular formula is C9H7F2I2NO2. The summed E-state index contributed by atoms with van der Waals surface area (Å²) in [7, 11) is 1.24. The van der Waals surface area contributed by atoms with E-state index in [9.17, 15) is 13.6 Å². The van der Waals surface area contributed by atoms with Gasteiger partial charge in [0.2, 0.25) is 0 Å². The van der Waals surface area contributed by atoms with Crippen LogP contribution in [0.1, 0.15) is 17.8 Å². The summed E-state index contributed by atoms with van der Waals surface area (Å²) in [5, 5.41) is 0. The summed E-state index contributed by atoms with van der Waals surface area (Å²) in [5.41, 5.74) is 0.0124. The molecule has 1 aromatic rings. The smallest absolute Gasteiger partial charge is 0.311 e. The minimum atomic E-state index is -2.64. The zero-order valence-electron chi connectivity index (χ0n) is 8.14. The maximum atomic E-state index is 12.6. The molecule has 0 aliphatic heterocycles. The molecule has 1 aromatic heterocycles. The molecule has 0 spiro atoms. The van der Waals surface area contributed by atoms with Gasteiger partial charge < -0.3 is 4.74 Å². The van der Waals surface area contributed by atoms with Crippen molar-refractivity contribution < 1.29 is 18.3 Å². The lowest BCUT2D eigenvalue weighted by Crippen LogP contribution is -2.09. The summed E-state index contributed by atoms with van der Waals surface area (Å²) in [4.78, 5) is 14.8. The van der Waals surface area contributed by atoms with Crippen LogP contribution in [0.4, 0.5) is 8.78 Å². The predicted octanol–water partition coefficient (Wildman–Crippen LogP) is 2.94. The van der Waals surface area contributed by atoms with Gasteiger partial charge in [-0.15, -0.1) is 0 Å². The molecule has 1 rings (SSSR count). The van der Waals surface area contributed by atoms with Gasteiger partial charge in [0.1, 0.15) is 5.69 Å². The van der Waals surface area contributed by atoms with Crippen molar-refractivity contribution in [3.05, 3.63) is 24.6 Å². The van der Waals surface area contributed by atoms with Crippen LogP contribution in [-0.4, -0.2) is 18.1 Å². The Hall–Kier alpha value is -0.0600. The molecule has 0 unspecified atom stereocenters. The average molecular weight is 453 g/mol. The number of aromatic nitrogens is 1. The normalized spacial score (nSPS) is 10.6. The fraction of sp³-hybridized carbons (Fsp3) is 0.333. The van der Waals surface area contributed by atoms with Crippen molar-refractivity contribution in [2.24, 2.45) is 0 Å². The lowest BCUT2D eigenvalue weighted by atomic mass is 10.2. The number of halogens is 4. The number of rotatable bonds is 3. The van der Waals surface area contributed by atoms with Gasteiger partial charge in [0, 0.05) is 3.57 Å². The molecule has 7 heteroatoms. The third-order valence-corrected chi connectivity index (χ3v) is 4.77. The largest absolute Gasteiger partial charge is 0.469 e. The first-order valence-corrected chi connectivity index (χ1v) is 6.31. The first-order chi connectivity index (χ1) is 7.45. The molecule has 0 N–H and O–H groups in total. The summed E-state index contributed by atoms with van der Waals surface area (Å²) in [6.07, 6.45) is -2.73. The summed E-state index contributed by atoms with van der Waals surface area (Å²) < 4.78 is 30.8. The van der Waals surface area contributed by atoms with E-state index < -0.39 is 12.4 Å². The molecule has 0 saturated heterocycles. The maximum absolute atomic E-state index is 12.6. The number of methoxy groups -OCH3 is 1. The van der Waals surface area contributed by atoms with E-state index in [-0.39, 0.29) is 12.1 Å². The van der Waals surface area contributed by atoms with E-state index in [1.807, 2.05) is 45.2 Å². The highest BCUT2D eigenvalue weighted by Gasteiger charge is 2.18. The number of alkyl halides is 2. The Kier molecular flexibility index (Phi) is 5.28. The summed E-state index contributed by atoms with van der Waals surface area (Å²) >= 11 is 3.75. The number of pyridine rings is 1. The number of carbonyl (C=O) groups excluding carboxylic acids is 1. The van der Waals surface area contributed by atoms with E-state index in [2.05, 4.69) is 9.72 Å². The second-order valence-corrected chi connectivity index (χ2v) is 5.09. The number of hydrogen-bond acceptors (Lipinski definition) is 3. The van der Waals surface area contributed by atoms with Crippen LogP contribution in [0.15, 0.2) is 6.07 Å². The quantitative estimate of drug-likeness (QED) is 0.523. The van der Waals surface area contributed by atoms with Crippen molar-refractivity contribution in [1.82, 2.24) is 4.98 Å². The average Bonchev–Trinajstić information content (AvgIpc) is 2.22. The Bertz CT molecular complexity index is 413. The summed E-state index contributed by atoms with van der Waals surface area (Å²) in [6, 6.07) is 1.60. The fourth-order valence-corrected chi connectivity index (χ4v) is 2.17. The van der Waals surface area contributed by atoms with Crippen LogP contribution in [0.2, 0.25) is 0 Å². The van der Waals surface area contributed by atoms with Crippen LogP contribution in [0, 0.1) is 7.14 Å². The fourth-order valence-electron chi connectivity index (χ4n) is 1.02. The molecule has 0 aromatic carbocycles. The molecule has 0 aliphatic carbocycles. The Labute approximate surface area is 118 Å². The van der Waals surface area contributed by atoms with Gasteiger partial charge in [-0.3, -0.25) is 9.78 Å². The van der Waals surface area contributed by atoms with Crippen molar-refractivity contribution in [2.45, 2.75) is 12.8 Å². The summed E-state index contributed by atoms with van der Waals surface area (Å²) in [6.45, 7) is 0. The monoisotopic (exact) mass is 453 g/mol. The third-order valence-electron chi connectivity index (χ3n) is 1.75. The number of ether oxygens (including phenoxy) is 1. The van der Waals surface area contributed by atoms with Crippen molar-refractivity contribution in [2.75, 3.05) is 7.11 Å². The van der Waals surface area contributed by atoms with E-state index in [0.29, 0.717) is 12.8 Å². The molecule has 0 radical (unpaired) electrons. The van der Waals surface area contributed by atoms with Crippen LogP contribution in [-0.2, 0) is 16.0 Å². The van der Waals surface area contributed by atoms with Crippen LogP contribution in [0.3, 0.4) is 0 Å². The Morgan fingerprint density at radius 1 is 1.56 bits per heavy atom. The van der Waals surface area contributed by atoms with Gasteiger partial charge in [-0.1, -0.05) is 0 Å². The number of hydrogen-bond donors (Lipinski definition) is 0. The van der Waals surface area contributed by atoms with Gasteiger partial charge in [0.15, 0.2) is 0 Å². The highest BCUT2D eigenvalue weighted by Crippen LogP contribution is 2.27. The second-order valence-electron chi connectivity index (χ2n) is 2.85. The molecule has 0 fully saturated rings. The van der Waals surface area contributed by atoms with Gasteiger partial charge >= 0.3 is 5.97 Å². The molecule has 88 valence electrons. The standard InChI is InChI=1S/C9H7F2I2NO2/c1-16-6(15)3-4-2-5(12)7(13)8(14-4)9(10)11/h2,9H,3H2,1H3. The van der Waals surface area contributed by atoms with Crippen molar-refractivity contribution in [3.63, 3.8) is 0 Å². The summed E-state index contributed by atoms with van der Waals surface area (Å²) in [5.74, 6) is -0.496. The van der Waals surface area contributed by atoms with Crippen LogP contribution < -0.4 is 0 Å². The van der Waals surface area contributed by atoms with Crippen LogP contribution in [0.5, 0.6) is 0 Å². The maximum Gasteiger partial charge on any atom is 0.311 e. The lowest BCUT2D eigenvalue weighted by molar-refractivity contribution is -0.139. The van der Waals surface area contributed by atoms with E-state index in [1.54, 1.807) is 6.07 Å². The molecule has 0 atom stereocenters. The molecule has 0 bridgehead atoms. The Morgan fingerprint density at radius 2 is 2.19 bits per heavy atom. The van der Waals surface area contributed by atoms with Crippen molar-refractivity contribution >= 4 is 51.2 Å². The molecule has 0 aliphatic rings. The topological polar surface area (TPSA) is 39.2 Å². The van der Waals surface area contributed by atoms with Crippen molar-refractivity contribution in [1.29, 1.82) is 0 Å². The number of carbonyl (C=O) groups is 1. The van der Waals surface area contributed by atoms with E-state index in [4.69, 9.17) is 0 Å². The van der Waals surface area contributed by atoms with Crippen LogP contribution in [0.25, 0.3) is 0 Å². The van der Waals surface area contributed by atoms with Gasteiger partial charge in [0.25, 0.3) is 6.43 Å². The van der Waals surface area contributed by atoms with Gasteiger partial charge in [-0.2, -0.15) is 0 Å². The molecular weight excluding hydrogens is 446 g/mol. The Morgan fingerprint density at radius 3 is 2.69 bits per heavy atom. The molecule has 0 saturated carbocycles. The number of nitrogens with zero attached hydrogens (tertiary/aromatic N) is 1. The number of esters is 1. The van der Waals surface area contributed by atoms with Gasteiger partial charge in [0.05, 0.1) is 22.8 Å². The zero-order chi connectivity index (χ0) is 12.3. The van der Waals surface area contributed by atoms with Gasteiger partial charge in [-0.05, 0) is 51.2 Å². The molecule has 3 nitrogen and oxygen atoms in total. The first kappa shape index (κ1) is 14.0. The molecule has 16 heavy (non-hydrogen) atoms. The van der Waals surface area contributed by atoms with E-state index in [1.165, 1.54) is 7.11 Å². The second kappa shape index (κ2) is 6.03. The SMILES string of the molecule is COC(=O)Cc1cc(I)c(I)c(C(F)F)n1.